The largest absolute Gasteiger partial charge is 0.391 e. The second kappa shape index (κ2) is 7.04. The lowest BCUT2D eigenvalue weighted by molar-refractivity contribution is -0.146. The highest BCUT2D eigenvalue weighted by atomic mass is 32.1. The second-order valence-corrected chi connectivity index (χ2v) is 5.37. The molecule has 0 aliphatic heterocycles. The van der Waals surface area contributed by atoms with Crippen LogP contribution in [0.25, 0.3) is 10.2 Å². The van der Waals surface area contributed by atoms with Crippen molar-refractivity contribution in [3.05, 3.63) is 17.3 Å². The third-order valence-corrected chi connectivity index (χ3v) is 3.48. The first kappa shape index (κ1) is 16.0. The summed E-state index contributed by atoms with van der Waals surface area (Å²) < 4.78 is 41.1. The van der Waals surface area contributed by atoms with Gasteiger partial charge in [-0.1, -0.05) is 6.92 Å². The van der Waals surface area contributed by atoms with Crippen LogP contribution in [0.4, 0.5) is 19.0 Å². The smallest absolute Gasteiger partial charge is 0.373 e. The van der Waals surface area contributed by atoms with E-state index in [1.807, 2.05) is 18.4 Å². The minimum Gasteiger partial charge on any atom is -0.373 e. The van der Waals surface area contributed by atoms with Crippen molar-refractivity contribution in [3.8, 4) is 0 Å². The van der Waals surface area contributed by atoms with E-state index in [1.165, 1.54) is 11.3 Å². The van der Waals surface area contributed by atoms with Crippen molar-refractivity contribution in [2.24, 2.45) is 0 Å². The standard InChI is InChI=1S/C13H16F3N3OS/c1-2-5-17-11-9-3-7-21-12(9)19-10(18-11)8-20-6-4-13(14,15)16/h3,7H,2,4-6,8H2,1H3,(H,17,18,19). The molecule has 0 saturated heterocycles. The van der Waals surface area contributed by atoms with Gasteiger partial charge in [0, 0.05) is 6.54 Å². The molecule has 0 spiro atoms. The maximum atomic E-state index is 12.0. The minimum atomic E-state index is -4.20. The van der Waals surface area contributed by atoms with E-state index in [9.17, 15) is 13.2 Å². The molecule has 1 N–H and O–H groups in total. The zero-order chi connectivity index (χ0) is 15.3. The fraction of sp³-hybridized carbons (Fsp3) is 0.538. The molecule has 21 heavy (non-hydrogen) atoms. The Morgan fingerprint density at radius 1 is 1.33 bits per heavy atom. The van der Waals surface area contributed by atoms with Crippen LogP contribution in [0.2, 0.25) is 0 Å². The average Bonchev–Trinajstić information content (AvgIpc) is 2.88. The van der Waals surface area contributed by atoms with Gasteiger partial charge in [-0.05, 0) is 17.9 Å². The Bertz CT molecular complexity index is 586. The quantitative estimate of drug-likeness (QED) is 0.784. The Hall–Kier alpha value is -1.41. The molecule has 0 aliphatic rings. The minimum absolute atomic E-state index is 0.0231. The third-order valence-electron chi connectivity index (χ3n) is 2.67. The fourth-order valence-electron chi connectivity index (χ4n) is 1.69. The molecule has 0 aromatic carbocycles. The third kappa shape index (κ3) is 4.82. The number of halogens is 3. The van der Waals surface area contributed by atoms with Gasteiger partial charge >= 0.3 is 6.18 Å². The maximum Gasteiger partial charge on any atom is 0.391 e. The molecule has 0 radical (unpaired) electrons. The number of alkyl halides is 3. The van der Waals surface area contributed by atoms with Crippen molar-refractivity contribution in [2.45, 2.75) is 32.5 Å². The zero-order valence-corrected chi connectivity index (χ0v) is 12.4. The van der Waals surface area contributed by atoms with Gasteiger partial charge in [-0.2, -0.15) is 13.2 Å². The first-order chi connectivity index (χ1) is 9.99. The Labute approximate surface area is 124 Å². The lowest BCUT2D eigenvalue weighted by Gasteiger charge is -2.09. The molecule has 2 rings (SSSR count). The van der Waals surface area contributed by atoms with Gasteiger partial charge in [0.2, 0.25) is 0 Å². The Morgan fingerprint density at radius 2 is 2.14 bits per heavy atom. The number of hydrogen-bond acceptors (Lipinski definition) is 5. The normalized spacial score (nSPS) is 12.0. The molecule has 0 fully saturated rings. The summed E-state index contributed by atoms with van der Waals surface area (Å²) in [5.41, 5.74) is 0. The molecule has 0 bridgehead atoms. The van der Waals surface area contributed by atoms with Gasteiger partial charge in [0.05, 0.1) is 18.4 Å². The van der Waals surface area contributed by atoms with E-state index in [2.05, 4.69) is 15.3 Å². The fourth-order valence-corrected chi connectivity index (χ4v) is 2.48. The first-order valence-corrected chi connectivity index (χ1v) is 7.50. The number of fused-ring (bicyclic) bond motifs is 1. The van der Waals surface area contributed by atoms with Crippen LogP contribution >= 0.6 is 11.3 Å². The van der Waals surface area contributed by atoms with Crippen LogP contribution in [0.3, 0.4) is 0 Å². The summed E-state index contributed by atoms with van der Waals surface area (Å²) in [7, 11) is 0. The molecule has 0 atom stereocenters. The molecular formula is C13H16F3N3OS. The van der Waals surface area contributed by atoms with Crippen LogP contribution in [0.15, 0.2) is 11.4 Å². The number of hydrogen-bond donors (Lipinski definition) is 1. The van der Waals surface area contributed by atoms with E-state index in [1.54, 1.807) is 0 Å². The number of nitrogens with one attached hydrogen (secondary N) is 1. The van der Waals surface area contributed by atoms with Gasteiger partial charge in [-0.25, -0.2) is 9.97 Å². The van der Waals surface area contributed by atoms with Gasteiger partial charge < -0.3 is 10.1 Å². The lowest BCUT2D eigenvalue weighted by atomic mass is 10.3. The Morgan fingerprint density at radius 3 is 2.86 bits per heavy atom. The van der Waals surface area contributed by atoms with Crippen molar-refractivity contribution < 1.29 is 17.9 Å². The summed E-state index contributed by atoms with van der Waals surface area (Å²) in [6.45, 7) is 2.41. The van der Waals surface area contributed by atoms with E-state index < -0.39 is 12.6 Å². The monoisotopic (exact) mass is 319 g/mol. The van der Waals surface area contributed by atoms with Gasteiger partial charge in [0.25, 0.3) is 0 Å². The predicted molar refractivity (Wildman–Crippen MR) is 76.5 cm³/mol. The number of nitrogens with zero attached hydrogens (tertiary/aromatic N) is 2. The Balaban J connectivity index is 2.02. The Kier molecular flexibility index (Phi) is 5.35. The molecule has 0 unspecified atom stereocenters. The van der Waals surface area contributed by atoms with Crippen LogP contribution in [-0.2, 0) is 11.3 Å². The molecule has 116 valence electrons. The predicted octanol–water partition coefficient (Wildman–Crippen LogP) is 3.98. The molecule has 0 aliphatic carbocycles. The summed E-state index contributed by atoms with van der Waals surface area (Å²) in [5, 5.41) is 6.03. The second-order valence-electron chi connectivity index (χ2n) is 4.47. The highest BCUT2D eigenvalue weighted by Gasteiger charge is 2.26. The van der Waals surface area contributed by atoms with E-state index in [0.29, 0.717) is 11.6 Å². The average molecular weight is 319 g/mol. The number of rotatable bonds is 7. The summed E-state index contributed by atoms with van der Waals surface area (Å²) >= 11 is 1.47. The van der Waals surface area contributed by atoms with Crippen molar-refractivity contribution in [2.75, 3.05) is 18.5 Å². The highest BCUT2D eigenvalue weighted by Crippen LogP contribution is 2.25. The SMILES string of the molecule is CCCNc1nc(COCCC(F)(F)F)nc2sccc12. The number of thiophene rings is 1. The summed E-state index contributed by atoms with van der Waals surface area (Å²) in [6.07, 6.45) is -4.21. The van der Waals surface area contributed by atoms with E-state index in [-0.39, 0.29) is 13.2 Å². The molecular weight excluding hydrogens is 303 g/mol. The van der Waals surface area contributed by atoms with E-state index in [4.69, 9.17) is 4.74 Å². The van der Waals surface area contributed by atoms with Crippen molar-refractivity contribution in [3.63, 3.8) is 0 Å². The van der Waals surface area contributed by atoms with Crippen LogP contribution in [0.5, 0.6) is 0 Å². The zero-order valence-electron chi connectivity index (χ0n) is 11.5. The van der Waals surface area contributed by atoms with Crippen LogP contribution < -0.4 is 5.32 Å². The van der Waals surface area contributed by atoms with Crippen LogP contribution in [-0.4, -0.2) is 29.3 Å². The molecule has 2 aromatic heterocycles. The number of anilines is 1. The van der Waals surface area contributed by atoms with Crippen LogP contribution in [0.1, 0.15) is 25.6 Å². The molecule has 4 nitrogen and oxygen atoms in total. The van der Waals surface area contributed by atoms with Gasteiger partial charge in [0.15, 0.2) is 5.82 Å². The van der Waals surface area contributed by atoms with E-state index in [0.717, 1.165) is 23.2 Å². The van der Waals surface area contributed by atoms with Crippen molar-refractivity contribution >= 4 is 27.4 Å². The lowest BCUT2D eigenvalue weighted by Crippen LogP contribution is -2.12. The summed E-state index contributed by atoms with van der Waals surface area (Å²) in [4.78, 5) is 9.43. The molecule has 2 heterocycles. The highest BCUT2D eigenvalue weighted by molar-refractivity contribution is 7.16. The molecule has 8 heteroatoms. The summed E-state index contributed by atoms with van der Waals surface area (Å²) in [5.74, 6) is 1.10. The van der Waals surface area contributed by atoms with E-state index >= 15 is 0 Å². The number of aromatic nitrogens is 2. The first-order valence-electron chi connectivity index (χ1n) is 6.62. The topological polar surface area (TPSA) is 47.0 Å². The van der Waals surface area contributed by atoms with Gasteiger partial charge in [-0.15, -0.1) is 11.3 Å². The molecule has 0 amide bonds. The van der Waals surface area contributed by atoms with Crippen molar-refractivity contribution in [1.82, 2.24) is 9.97 Å². The number of ether oxygens (including phenoxy) is 1. The van der Waals surface area contributed by atoms with Gasteiger partial charge in [0.1, 0.15) is 17.3 Å². The van der Waals surface area contributed by atoms with Gasteiger partial charge in [-0.3, -0.25) is 0 Å². The van der Waals surface area contributed by atoms with Crippen LogP contribution in [0, 0.1) is 0 Å². The molecule has 2 aromatic rings. The molecule has 0 saturated carbocycles. The van der Waals surface area contributed by atoms with Crippen molar-refractivity contribution in [1.29, 1.82) is 0 Å². The maximum absolute atomic E-state index is 12.0. The summed E-state index contributed by atoms with van der Waals surface area (Å²) in [6, 6.07) is 1.92.